The number of benzene rings is 2. The first-order valence-corrected chi connectivity index (χ1v) is 13.3. The molecule has 1 aromatic heterocycles. The van der Waals surface area contributed by atoms with Crippen LogP contribution in [0.1, 0.15) is 55.7 Å². The molecule has 10 heteroatoms. The monoisotopic (exact) mass is 583 g/mol. The molecular weight excluding hydrogens is 553 g/mol. The van der Waals surface area contributed by atoms with Gasteiger partial charge in [0.25, 0.3) is 5.91 Å². The van der Waals surface area contributed by atoms with Gasteiger partial charge in [0.15, 0.2) is 11.4 Å². The number of pyridine rings is 1. The van der Waals surface area contributed by atoms with E-state index in [1.165, 1.54) is 26.3 Å². The first kappa shape index (κ1) is 30.7. The molecule has 0 saturated carbocycles. The van der Waals surface area contributed by atoms with Crippen LogP contribution in [-0.2, 0) is 9.59 Å². The zero-order valence-electron chi connectivity index (χ0n) is 22.9. The molecule has 0 aliphatic heterocycles. The summed E-state index contributed by atoms with van der Waals surface area (Å²) in [6.45, 7) is 6.87. The van der Waals surface area contributed by atoms with Crippen LogP contribution >= 0.6 is 23.2 Å². The number of hydrogen-bond acceptors (Lipinski definition) is 6. The maximum atomic E-state index is 13.6. The van der Waals surface area contributed by atoms with Gasteiger partial charge in [-0.05, 0) is 54.7 Å². The third-order valence-electron chi connectivity index (χ3n) is 5.83. The minimum atomic E-state index is -0.919. The average molecular weight is 585 g/mol. The molecule has 1 atom stereocenters. The van der Waals surface area contributed by atoms with Crippen molar-refractivity contribution in [1.82, 2.24) is 15.6 Å². The lowest BCUT2D eigenvalue weighted by molar-refractivity contribution is -0.132. The summed E-state index contributed by atoms with van der Waals surface area (Å²) < 4.78 is 10.4. The summed E-state index contributed by atoms with van der Waals surface area (Å²) in [5.41, 5.74) is 2.83. The first-order valence-electron chi connectivity index (χ1n) is 12.6. The summed E-state index contributed by atoms with van der Waals surface area (Å²) in [5.74, 6) is -1.64. The number of amides is 2. The van der Waals surface area contributed by atoms with Crippen molar-refractivity contribution in [2.75, 3.05) is 7.11 Å². The number of nitrogens with zero attached hydrogens (tertiary/aromatic N) is 1. The molecular formula is C30H31Cl2N3O5. The zero-order chi connectivity index (χ0) is 29.4. The fourth-order valence-corrected chi connectivity index (χ4v) is 4.34. The van der Waals surface area contributed by atoms with Crippen molar-refractivity contribution in [1.29, 1.82) is 0 Å². The van der Waals surface area contributed by atoms with Crippen LogP contribution < -0.4 is 20.1 Å². The van der Waals surface area contributed by atoms with E-state index in [2.05, 4.69) is 15.6 Å². The number of esters is 1. The fraction of sp³-hybridized carbons (Fsp3) is 0.267. The molecule has 40 heavy (non-hydrogen) atoms. The third-order valence-corrected chi connectivity index (χ3v) is 6.33. The van der Waals surface area contributed by atoms with E-state index in [-0.39, 0.29) is 23.1 Å². The molecule has 3 aromatic rings. The van der Waals surface area contributed by atoms with Crippen LogP contribution in [0.25, 0.3) is 5.57 Å². The predicted octanol–water partition coefficient (Wildman–Crippen LogP) is 6.06. The van der Waals surface area contributed by atoms with E-state index in [1.54, 1.807) is 31.2 Å². The van der Waals surface area contributed by atoms with Crippen LogP contribution in [0.2, 0.25) is 10.0 Å². The standard InChI is InChI=1S/C30H31Cl2N3O5/c1-17(2)16-24(35-30(38)27-28(40-19(4)36)25(39-5)14-15-33-27)29(37)34-18(3)26(20-6-10-22(31)11-7-20)21-8-12-23(32)13-9-21/h6-15,17,24H,16H2,1-5H3,(H,34,37)(H,35,38)/t24-/m0/s1. The Kier molecular flexibility index (Phi) is 10.7. The Morgan fingerprint density at radius 1 is 0.900 bits per heavy atom. The largest absolute Gasteiger partial charge is 0.493 e. The third kappa shape index (κ3) is 8.07. The molecule has 0 radical (unpaired) electrons. The Bertz CT molecular complexity index is 1360. The topological polar surface area (TPSA) is 107 Å². The molecule has 1 heterocycles. The van der Waals surface area contributed by atoms with Crippen LogP contribution in [0.3, 0.4) is 0 Å². The Hall–Kier alpha value is -3.88. The number of carbonyl (C=O) groups is 3. The van der Waals surface area contributed by atoms with Gasteiger partial charge in [0.2, 0.25) is 11.7 Å². The summed E-state index contributed by atoms with van der Waals surface area (Å²) in [5, 5.41) is 6.88. The molecule has 0 bridgehead atoms. The maximum absolute atomic E-state index is 13.6. The second-order valence-electron chi connectivity index (χ2n) is 9.44. The highest BCUT2D eigenvalue weighted by molar-refractivity contribution is 6.31. The highest BCUT2D eigenvalue weighted by Gasteiger charge is 2.27. The first-order chi connectivity index (χ1) is 19.0. The molecule has 2 N–H and O–H groups in total. The molecule has 210 valence electrons. The Morgan fingerprint density at radius 3 is 1.93 bits per heavy atom. The molecule has 0 saturated heterocycles. The van der Waals surface area contributed by atoms with Crippen molar-refractivity contribution in [3.63, 3.8) is 0 Å². The Morgan fingerprint density at radius 2 is 1.45 bits per heavy atom. The Balaban J connectivity index is 1.96. The van der Waals surface area contributed by atoms with E-state index in [0.29, 0.717) is 22.2 Å². The smallest absolute Gasteiger partial charge is 0.308 e. The van der Waals surface area contributed by atoms with Crippen molar-refractivity contribution >= 4 is 46.6 Å². The lowest BCUT2D eigenvalue weighted by atomic mass is 9.95. The van der Waals surface area contributed by atoms with Gasteiger partial charge < -0.3 is 20.1 Å². The van der Waals surface area contributed by atoms with Crippen molar-refractivity contribution < 1.29 is 23.9 Å². The van der Waals surface area contributed by atoms with Gasteiger partial charge in [-0.2, -0.15) is 0 Å². The average Bonchev–Trinajstić information content (AvgIpc) is 2.90. The van der Waals surface area contributed by atoms with Crippen LogP contribution in [0.5, 0.6) is 11.5 Å². The van der Waals surface area contributed by atoms with Gasteiger partial charge in [0, 0.05) is 40.5 Å². The summed E-state index contributed by atoms with van der Waals surface area (Å²) in [6.07, 6.45) is 1.70. The quantitative estimate of drug-likeness (QED) is 0.281. The lowest BCUT2D eigenvalue weighted by Gasteiger charge is -2.22. The second kappa shape index (κ2) is 14.0. The summed E-state index contributed by atoms with van der Waals surface area (Å²) >= 11 is 12.2. The minimum Gasteiger partial charge on any atom is -0.493 e. The Labute approximate surface area is 243 Å². The van der Waals surface area contributed by atoms with E-state index < -0.39 is 23.8 Å². The number of nitrogens with one attached hydrogen (secondary N) is 2. The van der Waals surface area contributed by atoms with E-state index in [1.807, 2.05) is 38.1 Å². The van der Waals surface area contributed by atoms with Crippen molar-refractivity contribution in [3.05, 3.63) is 93.4 Å². The van der Waals surface area contributed by atoms with E-state index in [4.69, 9.17) is 32.7 Å². The minimum absolute atomic E-state index is 0.0681. The van der Waals surface area contributed by atoms with Crippen molar-refractivity contribution in [3.8, 4) is 11.5 Å². The number of halogens is 2. The second-order valence-corrected chi connectivity index (χ2v) is 10.3. The molecule has 0 aliphatic rings. The van der Waals surface area contributed by atoms with E-state index in [9.17, 15) is 14.4 Å². The molecule has 8 nitrogen and oxygen atoms in total. The number of hydrogen-bond donors (Lipinski definition) is 2. The molecule has 0 aliphatic carbocycles. The summed E-state index contributed by atoms with van der Waals surface area (Å²) in [6, 6.07) is 15.1. The fourth-order valence-electron chi connectivity index (χ4n) is 4.09. The van der Waals surface area contributed by atoms with Crippen LogP contribution in [-0.4, -0.2) is 35.9 Å². The molecule has 0 spiro atoms. The molecule has 3 rings (SSSR count). The molecule has 2 aromatic carbocycles. The SMILES string of the molecule is COc1ccnc(C(=O)N[C@@H](CC(C)C)C(=O)NC(C)=C(c2ccc(Cl)cc2)c2ccc(Cl)cc2)c1OC(C)=O. The molecule has 2 amide bonds. The molecule has 0 unspecified atom stereocenters. The van der Waals surface area contributed by atoms with Gasteiger partial charge in [-0.25, -0.2) is 4.98 Å². The number of methoxy groups -OCH3 is 1. The van der Waals surface area contributed by atoms with E-state index >= 15 is 0 Å². The highest BCUT2D eigenvalue weighted by Crippen LogP contribution is 2.30. The van der Waals surface area contributed by atoms with Crippen molar-refractivity contribution in [2.24, 2.45) is 5.92 Å². The van der Waals surface area contributed by atoms with Gasteiger partial charge in [-0.3, -0.25) is 14.4 Å². The maximum Gasteiger partial charge on any atom is 0.308 e. The number of allylic oxidation sites excluding steroid dienone is 1. The van der Waals surface area contributed by atoms with Crippen LogP contribution in [0.4, 0.5) is 0 Å². The lowest BCUT2D eigenvalue weighted by Crippen LogP contribution is -2.47. The summed E-state index contributed by atoms with van der Waals surface area (Å²) in [7, 11) is 1.38. The van der Waals surface area contributed by atoms with Gasteiger partial charge >= 0.3 is 5.97 Å². The van der Waals surface area contributed by atoms with Gasteiger partial charge in [0.05, 0.1) is 7.11 Å². The predicted molar refractivity (Wildman–Crippen MR) is 156 cm³/mol. The van der Waals surface area contributed by atoms with Gasteiger partial charge in [-0.15, -0.1) is 0 Å². The number of ether oxygens (including phenoxy) is 2. The van der Waals surface area contributed by atoms with Crippen LogP contribution in [0, 0.1) is 5.92 Å². The number of carbonyl (C=O) groups excluding carboxylic acids is 3. The number of aromatic nitrogens is 1. The normalized spacial score (nSPS) is 11.4. The number of rotatable bonds is 10. The van der Waals surface area contributed by atoms with Gasteiger partial charge in [0.1, 0.15) is 6.04 Å². The van der Waals surface area contributed by atoms with Crippen molar-refractivity contribution in [2.45, 2.75) is 40.2 Å². The van der Waals surface area contributed by atoms with Gasteiger partial charge in [-0.1, -0.05) is 61.3 Å². The van der Waals surface area contributed by atoms with Crippen LogP contribution in [0.15, 0.2) is 66.5 Å². The molecule has 0 fully saturated rings. The summed E-state index contributed by atoms with van der Waals surface area (Å²) in [4.78, 5) is 42.6. The highest BCUT2D eigenvalue weighted by atomic mass is 35.5. The zero-order valence-corrected chi connectivity index (χ0v) is 24.4. The van der Waals surface area contributed by atoms with E-state index in [0.717, 1.165) is 16.7 Å².